The Morgan fingerprint density at radius 3 is 2.13 bits per heavy atom. The van der Waals surface area contributed by atoms with E-state index in [4.69, 9.17) is 11.6 Å². The first-order chi connectivity index (χ1) is 21.9. The highest BCUT2D eigenvalue weighted by molar-refractivity contribution is 8.00. The molecule has 0 saturated carbocycles. The number of halogens is 2. The van der Waals surface area contributed by atoms with Crippen molar-refractivity contribution in [2.24, 2.45) is 0 Å². The van der Waals surface area contributed by atoms with E-state index in [-0.39, 0.29) is 22.2 Å². The molecule has 0 fully saturated rings. The Hall–Kier alpha value is -5.25. The van der Waals surface area contributed by atoms with E-state index in [0.29, 0.717) is 17.1 Å². The average molecular weight is 637 g/mol. The smallest absolute Gasteiger partial charge is 0.272 e. The fourth-order valence-electron chi connectivity index (χ4n) is 4.22. The van der Waals surface area contributed by atoms with Gasteiger partial charge in [0.05, 0.1) is 5.02 Å². The Bertz CT molecular complexity index is 1800. The van der Waals surface area contributed by atoms with Crippen molar-refractivity contribution >= 4 is 58.7 Å². The number of benzene rings is 4. The van der Waals surface area contributed by atoms with Crippen molar-refractivity contribution in [3.8, 4) is 0 Å². The number of carbonyl (C=O) groups is 3. The monoisotopic (exact) mass is 636 g/mol. The Kier molecular flexibility index (Phi) is 10.4. The molecular formula is C35H26ClFN4O3S. The number of aromatic nitrogens is 1. The highest BCUT2D eigenvalue weighted by atomic mass is 35.5. The van der Waals surface area contributed by atoms with Crippen molar-refractivity contribution in [1.82, 2.24) is 10.3 Å². The van der Waals surface area contributed by atoms with Crippen molar-refractivity contribution < 1.29 is 18.8 Å². The molecule has 1 unspecified atom stereocenters. The molecule has 5 aromatic rings. The van der Waals surface area contributed by atoms with Gasteiger partial charge in [-0.3, -0.25) is 14.4 Å². The second-order valence-corrected chi connectivity index (χ2v) is 11.2. The molecule has 0 bridgehead atoms. The largest absolute Gasteiger partial charge is 0.321 e. The van der Waals surface area contributed by atoms with Crippen LogP contribution in [0.1, 0.15) is 26.7 Å². The molecule has 0 radical (unpaired) electrons. The van der Waals surface area contributed by atoms with Gasteiger partial charge in [0, 0.05) is 27.9 Å². The van der Waals surface area contributed by atoms with Gasteiger partial charge in [0.25, 0.3) is 11.8 Å². The minimum atomic E-state index is -0.684. The topological polar surface area (TPSA) is 100 Å². The third kappa shape index (κ3) is 8.44. The van der Waals surface area contributed by atoms with Gasteiger partial charge in [-0.1, -0.05) is 72.3 Å². The molecule has 0 saturated heterocycles. The molecule has 3 N–H and O–H groups in total. The predicted octanol–water partition coefficient (Wildman–Crippen LogP) is 7.76. The minimum absolute atomic E-state index is 0.0413. The normalized spacial score (nSPS) is 11.7. The number of thioether (sulfide) groups is 1. The van der Waals surface area contributed by atoms with E-state index in [1.165, 1.54) is 36.0 Å². The van der Waals surface area contributed by atoms with Crippen LogP contribution in [-0.2, 0) is 9.59 Å². The first-order valence-corrected chi connectivity index (χ1v) is 15.0. The van der Waals surface area contributed by atoms with E-state index in [1.54, 1.807) is 79.0 Å². The molecule has 0 spiro atoms. The SMILES string of the molecule is O=C(Nc1ccc(SC(C(=O)Nc2ccccn2)c2ccccc2)cc1)/C(=C/c1c(F)cccc1Cl)NC(=O)c1ccccc1. The van der Waals surface area contributed by atoms with Crippen LogP contribution in [0.4, 0.5) is 15.9 Å². The molecule has 1 atom stereocenters. The third-order valence-corrected chi connectivity index (χ3v) is 8.04. The molecule has 5 rings (SSSR count). The summed E-state index contributed by atoms with van der Waals surface area (Å²) in [7, 11) is 0. The lowest BCUT2D eigenvalue weighted by molar-refractivity contribution is -0.116. The van der Waals surface area contributed by atoms with E-state index in [2.05, 4.69) is 20.9 Å². The van der Waals surface area contributed by atoms with Crippen LogP contribution in [-0.4, -0.2) is 22.7 Å². The lowest BCUT2D eigenvalue weighted by Crippen LogP contribution is -2.30. The number of anilines is 2. The maximum atomic E-state index is 14.6. The maximum Gasteiger partial charge on any atom is 0.272 e. The van der Waals surface area contributed by atoms with Gasteiger partial charge in [-0.2, -0.15) is 0 Å². The first-order valence-electron chi connectivity index (χ1n) is 13.7. The molecule has 0 aliphatic heterocycles. The van der Waals surface area contributed by atoms with Crippen LogP contribution in [0.3, 0.4) is 0 Å². The van der Waals surface area contributed by atoms with Crippen LogP contribution in [0.15, 0.2) is 138 Å². The highest BCUT2D eigenvalue weighted by Crippen LogP contribution is 2.36. The summed E-state index contributed by atoms with van der Waals surface area (Å²) in [5.74, 6) is -1.67. The summed E-state index contributed by atoms with van der Waals surface area (Å²) in [6.07, 6.45) is 2.80. The zero-order valence-corrected chi connectivity index (χ0v) is 25.2. The number of rotatable bonds is 10. The Morgan fingerprint density at radius 1 is 0.778 bits per heavy atom. The lowest BCUT2D eigenvalue weighted by atomic mass is 10.1. The molecule has 1 heterocycles. The molecule has 0 aliphatic rings. The van der Waals surface area contributed by atoms with E-state index in [0.717, 1.165) is 10.5 Å². The lowest BCUT2D eigenvalue weighted by Gasteiger charge is -2.17. The molecule has 4 aromatic carbocycles. The maximum absolute atomic E-state index is 14.6. The number of nitrogens with one attached hydrogen (secondary N) is 3. The predicted molar refractivity (Wildman–Crippen MR) is 176 cm³/mol. The van der Waals surface area contributed by atoms with Gasteiger partial charge in [-0.25, -0.2) is 9.37 Å². The fraction of sp³-hybridized carbons (Fsp3) is 0.0286. The standard InChI is InChI=1S/C35H26ClFN4O3S/c36-28-14-9-15-29(37)27(28)22-30(40-33(42)24-12-5-2-6-13-24)34(43)39-25-17-19-26(20-18-25)45-32(23-10-3-1-4-11-23)35(44)41-31-16-7-8-21-38-31/h1-22,32H,(H,39,43)(H,40,42)(H,38,41,44)/b30-22-. The Labute approximate surface area is 268 Å². The Balaban J connectivity index is 1.35. The van der Waals surface area contributed by atoms with Gasteiger partial charge in [0.2, 0.25) is 5.91 Å². The van der Waals surface area contributed by atoms with E-state index < -0.39 is 22.9 Å². The summed E-state index contributed by atoms with van der Waals surface area (Å²) in [6, 6.07) is 34.0. The fourth-order valence-corrected chi connectivity index (χ4v) is 5.46. The molecular weight excluding hydrogens is 611 g/mol. The van der Waals surface area contributed by atoms with Crippen molar-refractivity contribution in [3.63, 3.8) is 0 Å². The summed E-state index contributed by atoms with van der Waals surface area (Å²) in [5, 5.41) is 7.68. The summed E-state index contributed by atoms with van der Waals surface area (Å²) in [4.78, 5) is 44.5. The molecule has 224 valence electrons. The number of amides is 3. The zero-order chi connectivity index (χ0) is 31.6. The van der Waals surface area contributed by atoms with Gasteiger partial charge in [0.1, 0.15) is 22.6 Å². The Morgan fingerprint density at radius 2 is 1.47 bits per heavy atom. The summed E-state index contributed by atoms with van der Waals surface area (Å²) in [6.45, 7) is 0. The highest BCUT2D eigenvalue weighted by Gasteiger charge is 2.23. The van der Waals surface area contributed by atoms with E-state index >= 15 is 0 Å². The van der Waals surface area contributed by atoms with Gasteiger partial charge in [-0.05, 0) is 72.3 Å². The van der Waals surface area contributed by atoms with Crippen LogP contribution in [0.25, 0.3) is 6.08 Å². The second kappa shape index (κ2) is 15.0. The molecule has 0 aliphatic carbocycles. The quantitative estimate of drug-likeness (QED) is 0.107. The van der Waals surface area contributed by atoms with E-state index in [9.17, 15) is 18.8 Å². The van der Waals surface area contributed by atoms with E-state index in [1.807, 2.05) is 30.3 Å². The van der Waals surface area contributed by atoms with Crippen LogP contribution in [0.2, 0.25) is 5.02 Å². The van der Waals surface area contributed by atoms with Crippen molar-refractivity contribution in [1.29, 1.82) is 0 Å². The van der Waals surface area contributed by atoms with Crippen molar-refractivity contribution in [2.75, 3.05) is 10.6 Å². The van der Waals surface area contributed by atoms with Gasteiger partial charge < -0.3 is 16.0 Å². The summed E-state index contributed by atoms with van der Waals surface area (Å²) in [5.41, 5.74) is 1.30. The van der Waals surface area contributed by atoms with Crippen molar-refractivity contribution in [3.05, 3.63) is 161 Å². The van der Waals surface area contributed by atoms with Crippen LogP contribution in [0, 0.1) is 5.82 Å². The summed E-state index contributed by atoms with van der Waals surface area (Å²) >= 11 is 7.54. The number of hydrogen-bond donors (Lipinski definition) is 3. The summed E-state index contributed by atoms with van der Waals surface area (Å²) < 4.78 is 14.6. The molecule has 45 heavy (non-hydrogen) atoms. The molecule has 7 nitrogen and oxygen atoms in total. The minimum Gasteiger partial charge on any atom is -0.321 e. The third-order valence-electron chi connectivity index (χ3n) is 6.44. The second-order valence-electron chi connectivity index (χ2n) is 9.60. The molecule has 10 heteroatoms. The van der Waals surface area contributed by atoms with Crippen LogP contribution >= 0.6 is 23.4 Å². The van der Waals surface area contributed by atoms with Crippen molar-refractivity contribution in [2.45, 2.75) is 10.1 Å². The van der Waals surface area contributed by atoms with Gasteiger partial charge >= 0.3 is 0 Å². The average Bonchev–Trinajstić information content (AvgIpc) is 3.06. The van der Waals surface area contributed by atoms with Crippen LogP contribution < -0.4 is 16.0 Å². The number of carbonyl (C=O) groups excluding carboxylic acids is 3. The molecule has 1 aromatic heterocycles. The van der Waals surface area contributed by atoms with Gasteiger partial charge in [0.15, 0.2) is 0 Å². The zero-order valence-electron chi connectivity index (χ0n) is 23.6. The molecule has 3 amide bonds. The number of hydrogen-bond acceptors (Lipinski definition) is 5. The number of nitrogens with zero attached hydrogens (tertiary/aromatic N) is 1. The first kappa shape index (κ1) is 31.2. The van der Waals surface area contributed by atoms with Gasteiger partial charge in [-0.15, -0.1) is 11.8 Å². The van der Waals surface area contributed by atoms with Crippen LogP contribution in [0.5, 0.6) is 0 Å². The number of pyridine rings is 1.